The summed E-state index contributed by atoms with van der Waals surface area (Å²) in [6.45, 7) is 5.92. The van der Waals surface area contributed by atoms with Gasteiger partial charge in [0.1, 0.15) is 17.5 Å². The molecule has 2 heterocycles. The first-order valence-corrected chi connectivity index (χ1v) is 6.66. The van der Waals surface area contributed by atoms with E-state index in [9.17, 15) is 0 Å². The smallest absolute Gasteiger partial charge is 0.136 e. The van der Waals surface area contributed by atoms with Gasteiger partial charge in [0.05, 0.1) is 12.2 Å². The monoisotopic (exact) mass is 248 g/mol. The molecule has 2 unspecified atom stereocenters. The Kier molecular flexibility index (Phi) is 2.86. The highest BCUT2D eigenvalue weighted by atomic mass is 16.5. The van der Waals surface area contributed by atoms with Crippen molar-refractivity contribution >= 4 is 11.6 Å². The molecule has 1 aromatic rings. The maximum Gasteiger partial charge on any atom is 0.136 e. The summed E-state index contributed by atoms with van der Waals surface area (Å²) in [5.41, 5.74) is 5.89. The molecule has 5 nitrogen and oxygen atoms in total. The van der Waals surface area contributed by atoms with Crippen LogP contribution >= 0.6 is 0 Å². The Hall–Kier alpha value is -1.36. The Morgan fingerprint density at radius 1 is 1.22 bits per heavy atom. The van der Waals surface area contributed by atoms with Gasteiger partial charge in [-0.1, -0.05) is 0 Å². The minimum absolute atomic E-state index is 0.231. The minimum atomic E-state index is 0.231. The van der Waals surface area contributed by atoms with E-state index < -0.39 is 0 Å². The zero-order valence-corrected chi connectivity index (χ0v) is 11.0. The van der Waals surface area contributed by atoms with E-state index in [1.165, 1.54) is 12.8 Å². The Bertz CT molecular complexity index is 437. The molecule has 3 rings (SSSR count). The van der Waals surface area contributed by atoms with Crippen LogP contribution in [0.3, 0.4) is 0 Å². The Balaban J connectivity index is 1.86. The molecule has 18 heavy (non-hydrogen) atoms. The lowest BCUT2D eigenvalue weighted by Crippen LogP contribution is -2.46. The van der Waals surface area contributed by atoms with Crippen molar-refractivity contribution in [3.63, 3.8) is 0 Å². The fourth-order valence-electron chi connectivity index (χ4n) is 2.52. The molecule has 0 aromatic carbocycles. The van der Waals surface area contributed by atoms with Crippen LogP contribution in [0.25, 0.3) is 0 Å². The van der Waals surface area contributed by atoms with Crippen molar-refractivity contribution in [2.45, 2.75) is 44.8 Å². The summed E-state index contributed by atoms with van der Waals surface area (Å²) in [6.07, 6.45) is 2.85. The number of ether oxygens (including phenoxy) is 1. The van der Waals surface area contributed by atoms with E-state index in [0.29, 0.717) is 11.7 Å². The summed E-state index contributed by atoms with van der Waals surface area (Å²) in [5.74, 6) is 2.97. The van der Waals surface area contributed by atoms with Gasteiger partial charge in [0.15, 0.2) is 0 Å². The van der Waals surface area contributed by atoms with Crippen molar-refractivity contribution in [3.05, 3.63) is 11.9 Å². The topological polar surface area (TPSA) is 64.3 Å². The maximum absolute atomic E-state index is 5.89. The molecule has 98 valence electrons. The summed E-state index contributed by atoms with van der Waals surface area (Å²) in [7, 11) is 0. The Morgan fingerprint density at radius 2 is 1.89 bits per heavy atom. The van der Waals surface area contributed by atoms with E-state index in [1.807, 2.05) is 6.07 Å². The van der Waals surface area contributed by atoms with Crippen molar-refractivity contribution in [2.24, 2.45) is 0 Å². The number of nitrogens with zero attached hydrogens (tertiary/aromatic N) is 3. The van der Waals surface area contributed by atoms with E-state index in [4.69, 9.17) is 10.5 Å². The number of morpholine rings is 1. The van der Waals surface area contributed by atoms with Gasteiger partial charge >= 0.3 is 0 Å². The summed E-state index contributed by atoms with van der Waals surface area (Å²) in [5, 5.41) is 0. The average Bonchev–Trinajstić information content (AvgIpc) is 3.10. The van der Waals surface area contributed by atoms with Crippen LogP contribution in [0.15, 0.2) is 6.07 Å². The second-order valence-electron chi connectivity index (χ2n) is 5.45. The van der Waals surface area contributed by atoms with Gasteiger partial charge in [0.25, 0.3) is 0 Å². The molecule has 2 fully saturated rings. The average molecular weight is 248 g/mol. The Morgan fingerprint density at radius 3 is 2.50 bits per heavy atom. The van der Waals surface area contributed by atoms with Crippen LogP contribution in [0.4, 0.5) is 11.6 Å². The van der Waals surface area contributed by atoms with Gasteiger partial charge in [-0.25, -0.2) is 9.97 Å². The normalized spacial score (nSPS) is 28.4. The molecule has 0 radical (unpaired) electrons. The van der Waals surface area contributed by atoms with Gasteiger partial charge in [0, 0.05) is 25.1 Å². The molecule has 5 heteroatoms. The highest BCUT2D eigenvalue weighted by Crippen LogP contribution is 2.39. The van der Waals surface area contributed by atoms with Crippen molar-refractivity contribution in [3.8, 4) is 0 Å². The molecule has 0 spiro atoms. The zero-order chi connectivity index (χ0) is 12.7. The van der Waals surface area contributed by atoms with E-state index in [2.05, 4.69) is 28.7 Å². The fourth-order valence-corrected chi connectivity index (χ4v) is 2.52. The van der Waals surface area contributed by atoms with Gasteiger partial charge in [-0.15, -0.1) is 0 Å². The summed E-state index contributed by atoms with van der Waals surface area (Å²) >= 11 is 0. The van der Waals surface area contributed by atoms with Crippen molar-refractivity contribution in [2.75, 3.05) is 23.7 Å². The second-order valence-corrected chi connectivity index (χ2v) is 5.45. The van der Waals surface area contributed by atoms with Crippen LogP contribution in [0.1, 0.15) is 38.4 Å². The van der Waals surface area contributed by atoms with E-state index in [0.717, 1.165) is 24.7 Å². The summed E-state index contributed by atoms with van der Waals surface area (Å²) in [6, 6.07) is 1.87. The molecule has 1 aliphatic carbocycles. The zero-order valence-electron chi connectivity index (χ0n) is 11.0. The third-order valence-corrected chi connectivity index (χ3v) is 3.44. The SMILES string of the molecule is CC1CN(c2cc(N)nc(C3CC3)n2)CC(C)O1. The summed E-state index contributed by atoms with van der Waals surface area (Å²) in [4.78, 5) is 11.3. The third kappa shape index (κ3) is 2.41. The van der Waals surface area contributed by atoms with Crippen LogP contribution < -0.4 is 10.6 Å². The van der Waals surface area contributed by atoms with Crippen LogP contribution in [0, 0.1) is 0 Å². The minimum Gasteiger partial charge on any atom is -0.384 e. The molecule has 1 aliphatic heterocycles. The van der Waals surface area contributed by atoms with Crippen LogP contribution in [0.5, 0.6) is 0 Å². The lowest BCUT2D eigenvalue weighted by Gasteiger charge is -2.36. The number of hydrogen-bond donors (Lipinski definition) is 1. The number of nitrogens with two attached hydrogens (primary N) is 1. The standard InChI is InChI=1S/C13H20N4O/c1-8-6-17(7-9(2)18-8)12-5-11(14)15-13(16-12)10-3-4-10/h5,8-10H,3-4,6-7H2,1-2H3,(H2,14,15,16). The van der Waals surface area contributed by atoms with Crippen LogP contribution in [-0.4, -0.2) is 35.3 Å². The van der Waals surface area contributed by atoms with E-state index >= 15 is 0 Å². The molecule has 2 aliphatic rings. The van der Waals surface area contributed by atoms with Crippen molar-refractivity contribution < 1.29 is 4.74 Å². The number of hydrogen-bond acceptors (Lipinski definition) is 5. The first kappa shape index (κ1) is 11.7. The number of aromatic nitrogens is 2. The molecule has 0 amide bonds. The fraction of sp³-hybridized carbons (Fsp3) is 0.692. The molecule has 1 saturated carbocycles. The van der Waals surface area contributed by atoms with E-state index in [-0.39, 0.29) is 12.2 Å². The van der Waals surface area contributed by atoms with Gasteiger partial charge in [0.2, 0.25) is 0 Å². The second kappa shape index (κ2) is 4.39. The maximum atomic E-state index is 5.89. The molecular weight excluding hydrogens is 228 g/mol. The van der Waals surface area contributed by atoms with Crippen LogP contribution in [0.2, 0.25) is 0 Å². The number of rotatable bonds is 2. The molecule has 1 aromatic heterocycles. The predicted molar refractivity (Wildman–Crippen MR) is 70.6 cm³/mol. The number of nitrogen functional groups attached to an aromatic ring is 1. The van der Waals surface area contributed by atoms with Gasteiger partial charge in [-0.2, -0.15) is 0 Å². The van der Waals surface area contributed by atoms with E-state index in [1.54, 1.807) is 0 Å². The Labute approximate surface area is 107 Å². The lowest BCUT2D eigenvalue weighted by molar-refractivity contribution is -0.00547. The van der Waals surface area contributed by atoms with Crippen molar-refractivity contribution in [1.29, 1.82) is 0 Å². The highest BCUT2D eigenvalue weighted by molar-refractivity contribution is 5.48. The number of anilines is 2. The molecule has 2 N–H and O–H groups in total. The predicted octanol–water partition coefficient (Wildman–Crippen LogP) is 1.55. The molecule has 0 bridgehead atoms. The first-order chi connectivity index (χ1) is 8.61. The van der Waals surface area contributed by atoms with Gasteiger partial charge in [-0.3, -0.25) is 0 Å². The highest BCUT2D eigenvalue weighted by Gasteiger charge is 2.29. The van der Waals surface area contributed by atoms with Gasteiger partial charge in [-0.05, 0) is 26.7 Å². The third-order valence-electron chi connectivity index (χ3n) is 3.44. The summed E-state index contributed by atoms with van der Waals surface area (Å²) < 4.78 is 5.74. The lowest BCUT2D eigenvalue weighted by atomic mass is 10.2. The molecule has 2 atom stereocenters. The molecule has 1 saturated heterocycles. The molecular formula is C13H20N4O. The first-order valence-electron chi connectivity index (χ1n) is 6.66. The quantitative estimate of drug-likeness (QED) is 0.860. The van der Waals surface area contributed by atoms with Crippen LogP contribution in [-0.2, 0) is 4.74 Å². The van der Waals surface area contributed by atoms with Crippen molar-refractivity contribution in [1.82, 2.24) is 9.97 Å². The largest absolute Gasteiger partial charge is 0.384 e. The van der Waals surface area contributed by atoms with Gasteiger partial charge < -0.3 is 15.4 Å².